The van der Waals surface area contributed by atoms with Crippen molar-refractivity contribution < 1.29 is 9.90 Å². The van der Waals surface area contributed by atoms with E-state index in [1.54, 1.807) is 0 Å². The number of ketones is 1. The summed E-state index contributed by atoms with van der Waals surface area (Å²) in [6.45, 7) is 3.63. The topological polar surface area (TPSA) is 40.5 Å². The number of hydrogen-bond acceptors (Lipinski definition) is 3. The van der Waals surface area contributed by atoms with Gasteiger partial charge in [-0.25, -0.2) is 0 Å². The third kappa shape index (κ3) is 3.05. The second-order valence-electron chi connectivity index (χ2n) is 5.31. The average molecular weight is 225 g/mol. The van der Waals surface area contributed by atoms with E-state index in [4.69, 9.17) is 5.11 Å². The molecule has 3 nitrogen and oxygen atoms in total. The molecule has 16 heavy (non-hydrogen) atoms. The maximum absolute atomic E-state index is 11.5. The molecule has 0 bridgehead atoms. The van der Waals surface area contributed by atoms with Gasteiger partial charge in [0, 0.05) is 18.9 Å². The van der Waals surface area contributed by atoms with Crippen LogP contribution in [0.1, 0.15) is 38.5 Å². The highest BCUT2D eigenvalue weighted by Gasteiger charge is 2.25. The lowest BCUT2D eigenvalue weighted by atomic mass is 9.96. The Balaban J connectivity index is 1.65. The highest BCUT2D eigenvalue weighted by atomic mass is 16.3. The van der Waals surface area contributed by atoms with Crippen LogP contribution < -0.4 is 0 Å². The highest BCUT2D eigenvalue weighted by Crippen LogP contribution is 2.25. The first-order valence-electron chi connectivity index (χ1n) is 6.65. The van der Waals surface area contributed by atoms with Crippen molar-refractivity contribution in [3.8, 4) is 0 Å². The number of aliphatic hydroxyl groups excluding tert-OH is 1. The lowest BCUT2D eigenvalue weighted by molar-refractivity contribution is -0.120. The normalized spacial score (nSPS) is 28.8. The molecule has 1 unspecified atom stereocenters. The molecule has 1 N–H and O–H groups in total. The van der Waals surface area contributed by atoms with Crippen LogP contribution in [0.2, 0.25) is 0 Å². The minimum absolute atomic E-state index is 0.342. The molecule has 0 aromatic heterocycles. The van der Waals surface area contributed by atoms with Gasteiger partial charge >= 0.3 is 0 Å². The van der Waals surface area contributed by atoms with Gasteiger partial charge < -0.3 is 10.0 Å². The molecule has 1 aliphatic carbocycles. The van der Waals surface area contributed by atoms with Crippen LogP contribution in [0.15, 0.2) is 0 Å². The van der Waals surface area contributed by atoms with E-state index < -0.39 is 0 Å². The summed E-state index contributed by atoms with van der Waals surface area (Å²) in [5, 5.41) is 9.05. The average Bonchev–Trinajstić information content (AvgIpc) is 2.73. The van der Waals surface area contributed by atoms with Crippen molar-refractivity contribution >= 4 is 5.78 Å². The maximum atomic E-state index is 11.5. The summed E-state index contributed by atoms with van der Waals surface area (Å²) in [5.41, 5.74) is 0. The fourth-order valence-corrected chi connectivity index (χ4v) is 2.92. The smallest absolute Gasteiger partial charge is 0.136 e. The Morgan fingerprint density at radius 1 is 1.25 bits per heavy atom. The Morgan fingerprint density at radius 2 is 2.00 bits per heavy atom. The molecule has 2 rings (SSSR count). The molecular weight excluding hydrogens is 202 g/mol. The number of likely N-dealkylation sites (tertiary alicyclic amines) is 1. The van der Waals surface area contributed by atoms with E-state index in [-0.39, 0.29) is 0 Å². The second-order valence-corrected chi connectivity index (χ2v) is 5.31. The Morgan fingerprint density at radius 3 is 2.56 bits per heavy atom. The van der Waals surface area contributed by atoms with Gasteiger partial charge in [-0.2, -0.15) is 0 Å². The molecule has 92 valence electrons. The van der Waals surface area contributed by atoms with Gasteiger partial charge in [-0.15, -0.1) is 0 Å². The first-order chi connectivity index (χ1) is 7.79. The molecule has 2 aliphatic rings. The van der Waals surface area contributed by atoms with Crippen LogP contribution in [0.3, 0.4) is 0 Å². The van der Waals surface area contributed by atoms with Crippen molar-refractivity contribution in [3.05, 3.63) is 0 Å². The number of carbonyl (C=O) groups is 1. The lowest BCUT2D eigenvalue weighted by Gasteiger charge is -2.31. The van der Waals surface area contributed by atoms with Gasteiger partial charge in [-0.05, 0) is 57.7 Å². The number of nitrogens with zero attached hydrogens (tertiary/aromatic N) is 1. The zero-order valence-corrected chi connectivity index (χ0v) is 10.0. The van der Waals surface area contributed by atoms with Crippen molar-refractivity contribution in [2.45, 2.75) is 38.5 Å². The van der Waals surface area contributed by atoms with Gasteiger partial charge in [0.2, 0.25) is 0 Å². The van der Waals surface area contributed by atoms with E-state index in [0.29, 0.717) is 24.2 Å². The molecular formula is C13H23NO2. The quantitative estimate of drug-likeness (QED) is 0.787. The van der Waals surface area contributed by atoms with Gasteiger partial charge in [0.15, 0.2) is 0 Å². The van der Waals surface area contributed by atoms with Crippen LogP contribution in [-0.2, 0) is 4.79 Å². The largest absolute Gasteiger partial charge is 0.396 e. The van der Waals surface area contributed by atoms with E-state index in [1.165, 1.54) is 0 Å². The summed E-state index contributed by atoms with van der Waals surface area (Å²) in [4.78, 5) is 13.9. The van der Waals surface area contributed by atoms with Gasteiger partial charge in [-0.3, -0.25) is 4.79 Å². The fraction of sp³-hybridized carbons (Fsp3) is 0.923. The van der Waals surface area contributed by atoms with Crippen LogP contribution in [-0.4, -0.2) is 42.0 Å². The van der Waals surface area contributed by atoms with E-state index in [0.717, 1.165) is 58.2 Å². The maximum Gasteiger partial charge on any atom is 0.136 e. The minimum Gasteiger partial charge on any atom is -0.396 e. The Bertz CT molecular complexity index is 234. The summed E-state index contributed by atoms with van der Waals surface area (Å²) in [6.07, 6.45) is 6.34. The predicted molar refractivity (Wildman–Crippen MR) is 63.2 cm³/mol. The van der Waals surface area contributed by atoms with E-state index in [2.05, 4.69) is 4.90 Å². The third-order valence-corrected chi connectivity index (χ3v) is 4.19. The third-order valence-electron chi connectivity index (χ3n) is 4.19. The molecule has 3 heteroatoms. The molecule has 1 heterocycles. The molecule has 1 saturated heterocycles. The standard InChI is InChI=1S/C13H23NO2/c15-10-11-4-7-14(8-5-11)9-6-12-2-1-3-13(12)16/h11-12,15H,1-10H2. The van der Waals surface area contributed by atoms with Crippen LogP contribution in [0.25, 0.3) is 0 Å². The van der Waals surface area contributed by atoms with Gasteiger partial charge in [0.1, 0.15) is 5.78 Å². The lowest BCUT2D eigenvalue weighted by Crippen LogP contribution is -2.36. The molecule has 0 amide bonds. The molecule has 0 spiro atoms. The monoisotopic (exact) mass is 225 g/mol. The second kappa shape index (κ2) is 5.78. The number of carbonyl (C=O) groups excluding carboxylic acids is 1. The van der Waals surface area contributed by atoms with Crippen LogP contribution in [0, 0.1) is 11.8 Å². The van der Waals surface area contributed by atoms with Gasteiger partial charge in [0.25, 0.3) is 0 Å². The highest BCUT2D eigenvalue weighted by molar-refractivity contribution is 5.82. The van der Waals surface area contributed by atoms with Crippen molar-refractivity contribution in [2.75, 3.05) is 26.2 Å². The van der Waals surface area contributed by atoms with Crippen molar-refractivity contribution in [3.63, 3.8) is 0 Å². The van der Waals surface area contributed by atoms with E-state index >= 15 is 0 Å². The molecule has 0 radical (unpaired) electrons. The zero-order chi connectivity index (χ0) is 11.4. The summed E-state index contributed by atoms with van der Waals surface area (Å²) < 4.78 is 0. The predicted octanol–water partition coefficient (Wildman–Crippen LogP) is 1.45. The minimum atomic E-state index is 0.342. The van der Waals surface area contributed by atoms with E-state index in [1.807, 2.05) is 0 Å². The van der Waals surface area contributed by atoms with Crippen molar-refractivity contribution in [1.29, 1.82) is 0 Å². The summed E-state index contributed by atoms with van der Waals surface area (Å²) in [6, 6.07) is 0. The number of rotatable bonds is 4. The molecule has 2 fully saturated rings. The number of hydrogen-bond donors (Lipinski definition) is 1. The summed E-state index contributed by atoms with van der Waals surface area (Å²) in [5.74, 6) is 1.37. The van der Waals surface area contributed by atoms with Gasteiger partial charge in [-0.1, -0.05) is 0 Å². The first kappa shape index (κ1) is 12.1. The summed E-state index contributed by atoms with van der Waals surface area (Å²) >= 11 is 0. The zero-order valence-electron chi connectivity index (χ0n) is 10.0. The van der Waals surface area contributed by atoms with E-state index in [9.17, 15) is 4.79 Å². The molecule has 1 aliphatic heterocycles. The van der Waals surface area contributed by atoms with Crippen molar-refractivity contribution in [1.82, 2.24) is 4.90 Å². The number of piperidine rings is 1. The van der Waals surface area contributed by atoms with Gasteiger partial charge in [0.05, 0.1) is 0 Å². The molecule has 0 aromatic carbocycles. The van der Waals surface area contributed by atoms with Crippen molar-refractivity contribution in [2.24, 2.45) is 11.8 Å². The Hall–Kier alpha value is -0.410. The molecule has 1 saturated carbocycles. The summed E-state index contributed by atoms with van der Waals surface area (Å²) in [7, 11) is 0. The van der Waals surface area contributed by atoms with Crippen LogP contribution >= 0.6 is 0 Å². The number of Topliss-reactive ketones (excluding diaryl/α,β-unsaturated/α-hetero) is 1. The Labute approximate surface area is 97.8 Å². The number of aliphatic hydroxyl groups is 1. The Kier molecular flexibility index (Phi) is 4.36. The first-order valence-corrected chi connectivity index (χ1v) is 6.65. The molecule has 0 aromatic rings. The molecule has 1 atom stereocenters. The van der Waals surface area contributed by atoms with Crippen LogP contribution in [0.4, 0.5) is 0 Å². The SMILES string of the molecule is O=C1CCCC1CCN1CCC(CO)CC1. The van der Waals surface area contributed by atoms with Crippen LogP contribution in [0.5, 0.6) is 0 Å². The fourth-order valence-electron chi connectivity index (χ4n) is 2.92.